The lowest BCUT2D eigenvalue weighted by molar-refractivity contribution is -0.141. The number of likely N-dealkylation sites (tertiary alicyclic amines) is 1. The number of halogens is 1. The topological polar surface area (TPSA) is 78.5 Å². The summed E-state index contributed by atoms with van der Waals surface area (Å²) >= 11 is 0. The molecule has 3 amide bonds. The van der Waals surface area contributed by atoms with Crippen LogP contribution >= 0.6 is 12.4 Å². The van der Waals surface area contributed by atoms with Crippen LogP contribution in [0.15, 0.2) is 0 Å². The summed E-state index contributed by atoms with van der Waals surface area (Å²) in [6.45, 7) is 3.61. The summed E-state index contributed by atoms with van der Waals surface area (Å²) in [7, 11) is 0. The highest BCUT2D eigenvalue weighted by Crippen LogP contribution is 2.37. The van der Waals surface area contributed by atoms with Gasteiger partial charge >= 0.3 is 0 Å². The summed E-state index contributed by atoms with van der Waals surface area (Å²) in [5, 5.41) is 6.12. The zero-order valence-electron chi connectivity index (χ0n) is 13.0. The van der Waals surface area contributed by atoms with Crippen molar-refractivity contribution in [1.82, 2.24) is 15.5 Å². The molecule has 1 aliphatic carbocycles. The molecule has 124 valence electrons. The van der Waals surface area contributed by atoms with Gasteiger partial charge in [0.05, 0.1) is 12.5 Å². The summed E-state index contributed by atoms with van der Waals surface area (Å²) < 4.78 is 0. The average molecular weight is 330 g/mol. The lowest BCUT2D eigenvalue weighted by atomic mass is 10.1. The van der Waals surface area contributed by atoms with Crippen LogP contribution in [0.1, 0.15) is 46.0 Å². The molecule has 0 radical (unpaired) electrons. The molecule has 2 N–H and O–H groups in total. The van der Waals surface area contributed by atoms with Crippen molar-refractivity contribution in [2.45, 2.75) is 70.1 Å². The Balaban J connectivity index is 0.00000176. The van der Waals surface area contributed by atoms with Gasteiger partial charge in [0, 0.05) is 12.1 Å². The molecule has 3 fully saturated rings. The van der Waals surface area contributed by atoms with Crippen molar-refractivity contribution in [3.05, 3.63) is 0 Å². The van der Waals surface area contributed by atoms with Gasteiger partial charge in [0.2, 0.25) is 11.8 Å². The van der Waals surface area contributed by atoms with Gasteiger partial charge in [-0.2, -0.15) is 0 Å². The van der Waals surface area contributed by atoms with Crippen molar-refractivity contribution < 1.29 is 14.4 Å². The van der Waals surface area contributed by atoms with E-state index in [2.05, 4.69) is 10.6 Å². The maximum Gasteiger partial charge on any atom is 0.252 e. The monoisotopic (exact) mass is 329 g/mol. The van der Waals surface area contributed by atoms with Crippen LogP contribution in [0.4, 0.5) is 0 Å². The molecule has 1 saturated carbocycles. The van der Waals surface area contributed by atoms with Crippen LogP contribution in [-0.2, 0) is 14.4 Å². The number of amides is 3. The lowest BCUT2D eigenvalue weighted by Gasteiger charge is -2.20. The van der Waals surface area contributed by atoms with Crippen LogP contribution in [0.3, 0.4) is 0 Å². The lowest BCUT2D eigenvalue weighted by Crippen LogP contribution is -2.49. The van der Waals surface area contributed by atoms with Crippen molar-refractivity contribution in [2.75, 3.05) is 0 Å². The summed E-state index contributed by atoms with van der Waals surface area (Å²) in [5.74, 6) is 0.111. The van der Waals surface area contributed by atoms with Crippen LogP contribution in [0, 0.1) is 5.92 Å². The number of rotatable bonds is 4. The molecular formula is C15H24ClN3O3. The van der Waals surface area contributed by atoms with Gasteiger partial charge in [-0.15, -0.1) is 12.4 Å². The molecule has 3 aliphatic rings. The molecular weight excluding hydrogens is 306 g/mol. The zero-order chi connectivity index (χ0) is 15.1. The van der Waals surface area contributed by atoms with Crippen molar-refractivity contribution in [3.63, 3.8) is 0 Å². The second kappa shape index (κ2) is 6.54. The first kappa shape index (κ1) is 17.2. The summed E-state index contributed by atoms with van der Waals surface area (Å²) in [4.78, 5) is 37.5. The van der Waals surface area contributed by atoms with Gasteiger partial charge in [0.1, 0.15) is 6.04 Å². The molecule has 7 heteroatoms. The average Bonchev–Trinajstić information content (AvgIpc) is 3.07. The number of nitrogens with zero attached hydrogens (tertiary/aromatic N) is 1. The van der Waals surface area contributed by atoms with E-state index in [4.69, 9.17) is 0 Å². The Kier molecular flexibility index (Phi) is 5.12. The highest BCUT2D eigenvalue weighted by Gasteiger charge is 2.43. The highest BCUT2D eigenvalue weighted by atomic mass is 35.5. The van der Waals surface area contributed by atoms with Crippen LogP contribution in [0.2, 0.25) is 0 Å². The normalized spacial score (nSPS) is 31.6. The van der Waals surface area contributed by atoms with E-state index < -0.39 is 6.04 Å². The van der Waals surface area contributed by atoms with Gasteiger partial charge in [-0.05, 0) is 45.4 Å². The van der Waals surface area contributed by atoms with E-state index in [-0.39, 0.29) is 48.6 Å². The number of imide groups is 1. The second-order valence-electron chi connectivity index (χ2n) is 6.70. The number of hydrogen-bond acceptors (Lipinski definition) is 4. The molecule has 6 nitrogen and oxygen atoms in total. The molecule has 22 heavy (non-hydrogen) atoms. The van der Waals surface area contributed by atoms with E-state index in [0.29, 0.717) is 6.04 Å². The number of carbonyl (C=O) groups excluding carboxylic acids is 3. The third-order valence-electron chi connectivity index (χ3n) is 4.70. The van der Waals surface area contributed by atoms with E-state index in [9.17, 15) is 14.4 Å². The third-order valence-corrected chi connectivity index (χ3v) is 4.70. The van der Waals surface area contributed by atoms with E-state index in [0.717, 1.165) is 18.8 Å². The predicted molar refractivity (Wildman–Crippen MR) is 83.5 cm³/mol. The van der Waals surface area contributed by atoms with Gasteiger partial charge in [0.15, 0.2) is 0 Å². The minimum Gasteiger partial charge on any atom is -0.342 e. The van der Waals surface area contributed by atoms with E-state index in [1.807, 2.05) is 0 Å². The molecule has 0 aromatic rings. The number of carbonyl (C=O) groups is 3. The first-order valence-electron chi connectivity index (χ1n) is 7.89. The first-order chi connectivity index (χ1) is 9.97. The van der Waals surface area contributed by atoms with Crippen LogP contribution in [0.25, 0.3) is 0 Å². The fourth-order valence-electron chi connectivity index (χ4n) is 3.43. The predicted octanol–water partition coefficient (Wildman–Crippen LogP) is 0.591. The number of hydrogen-bond donors (Lipinski definition) is 2. The smallest absolute Gasteiger partial charge is 0.252 e. The van der Waals surface area contributed by atoms with Crippen molar-refractivity contribution >= 4 is 30.1 Å². The fourth-order valence-corrected chi connectivity index (χ4v) is 3.43. The number of nitrogens with one attached hydrogen (secondary N) is 2. The molecule has 0 spiro atoms. The first-order valence-corrected chi connectivity index (χ1v) is 7.89. The quantitative estimate of drug-likeness (QED) is 0.740. The van der Waals surface area contributed by atoms with E-state index in [1.54, 1.807) is 13.8 Å². The van der Waals surface area contributed by atoms with Gasteiger partial charge in [-0.25, -0.2) is 0 Å². The second-order valence-corrected chi connectivity index (χ2v) is 6.70. The van der Waals surface area contributed by atoms with Gasteiger partial charge in [-0.1, -0.05) is 0 Å². The molecule has 0 aromatic carbocycles. The highest BCUT2D eigenvalue weighted by molar-refractivity contribution is 6.07. The van der Waals surface area contributed by atoms with E-state index >= 15 is 0 Å². The molecule has 2 saturated heterocycles. The van der Waals surface area contributed by atoms with E-state index in [1.165, 1.54) is 17.7 Å². The Bertz CT molecular complexity index is 479. The molecule has 2 heterocycles. The SMILES string of the molecule is CC(C)N1C(=O)CC(NC(=O)C2CCC(C3CC3)N2)C1=O.Cl. The van der Waals surface area contributed by atoms with Gasteiger partial charge < -0.3 is 10.6 Å². The summed E-state index contributed by atoms with van der Waals surface area (Å²) in [5.41, 5.74) is 0. The van der Waals surface area contributed by atoms with Crippen molar-refractivity contribution in [2.24, 2.45) is 5.92 Å². The van der Waals surface area contributed by atoms with Gasteiger partial charge in [0.25, 0.3) is 5.91 Å². The molecule has 2 aliphatic heterocycles. The van der Waals surface area contributed by atoms with Crippen LogP contribution in [0.5, 0.6) is 0 Å². The largest absolute Gasteiger partial charge is 0.342 e. The Labute approximate surface area is 136 Å². The standard InChI is InChI=1S/C15H23N3O3.ClH/c1-8(2)18-13(19)7-12(15(18)21)17-14(20)11-6-5-10(16-11)9-3-4-9;/h8-12,16H,3-7H2,1-2H3,(H,17,20);1H. The Morgan fingerprint density at radius 3 is 2.45 bits per heavy atom. The van der Waals surface area contributed by atoms with Crippen molar-refractivity contribution in [1.29, 1.82) is 0 Å². The minimum atomic E-state index is -0.686. The third kappa shape index (κ3) is 3.27. The minimum absolute atomic E-state index is 0. The summed E-state index contributed by atoms with van der Waals surface area (Å²) in [6, 6.07) is -0.606. The molecule has 3 rings (SSSR count). The van der Waals surface area contributed by atoms with Gasteiger partial charge in [-0.3, -0.25) is 19.3 Å². The molecule has 3 atom stereocenters. The Morgan fingerprint density at radius 2 is 1.91 bits per heavy atom. The van der Waals surface area contributed by atoms with Crippen LogP contribution in [-0.4, -0.2) is 46.8 Å². The zero-order valence-corrected chi connectivity index (χ0v) is 13.8. The Hall–Kier alpha value is -1.14. The maximum atomic E-state index is 12.3. The Morgan fingerprint density at radius 1 is 1.23 bits per heavy atom. The van der Waals surface area contributed by atoms with Crippen molar-refractivity contribution in [3.8, 4) is 0 Å². The molecule has 0 bridgehead atoms. The van der Waals surface area contributed by atoms with Crippen LogP contribution < -0.4 is 10.6 Å². The summed E-state index contributed by atoms with van der Waals surface area (Å²) in [6.07, 6.45) is 4.44. The molecule has 0 aromatic heterocycles. The fraction of sp³-hybridized carbons (Fsp3) is 0.800. The molecule has 3 unspecified atom stereocenters. The maximum absolute atomic E-state index is 12.3.